The molecule has 25 heavy (non-hydrogen) atoms. The Morgan fingerprint density at radius 1 is 1.16 bits per heavy atom. The van der Waals surface area contributed by atoms with E-state index in [2.05, 4.69) is 29.2 Å². The second-order valence-corrected chi connectivity index (χ2v) is 9.93. The lowest BCUT2D eigenvalue weighted by molar-refractivity contribution is 0.0520. The van der Waals surface area contributed by atoms with Crippen molar-refractivity contribution in [2.45, 2.75) is 23.5 Å². The first-order valence-corrected chi connectivity index (χ1v) is 11.4. The Labute approximate surface area is 154 Å². The first kappa shape index (κ1) is 18.5. The minimum absolute atomic E-state index is 0.0686. The van der Waals surface area contributed by atoms with Gasteiger partial charge in [-0.3, -0.25) is 4.90 Å². The predicted octanol–water partition coefficient (Wildman–Crippen LogP) is 1.37. The zero-order valence-corrected chi connectivity index (χ0v) is 16.5. The van der Waals surface area contributed by atoms with Crippen molar-refractivity contribution in [1.82, 2.24) is 14.7 Å². The lowest BCUT2D eigenvalue weighted by Gasteiger charge is -2.44. The highest BCUT2D eigenvalue weighted by Gasteiger charge is 2.48. The fourth-order valence-electron chi connectivity index (χ4n) is 3.68. The molecule has 2 aliphatic rings. The molecule has 0 unspecified atom stereocenters. The van der Waals surface area contributed by atoms with E-state index in [1.54, 1.807) is 30.8 Å². The number of amides is 2. The number of urea groups is 1. The van der Waals surface area contributed by atoms with Gasteiger partial charge >= 0.3 is 6.03 Å². The van der Waals surface area contributed by atoms with Crippen molar-refractivity contribution in [2.24, 2.45) is 0 Å². The number of hydrogen-bond donors (Lipinski definition) is 0. The van der Waals surface area contributed by atoms with Crippen molar-refractivity contribution in [3.05, 3.63) is 29.8 Å². The largest absolute Gasteiger partial charge is 0.331 e. The highest BCUT2D eigenvalue weighted by molar-refractivity contribution is 7.98. The fourth-order valence-corrected chi connectivity index (χ4v) is 6.10. The summed E-state index contributed by atoms with van der Waals surface area (Å²) in [4.78, 5) is 19.1. The maximum Gasteiger partial charge on any atom is 0.319 e. The molecule has 0 aliphatic carbocycles. The van der Waals surface area contributed by atoms with Crippen LogP contribution in [0.15, 0.2) is 29.2 Å². The van der Waals surface area contributed by atoms with Crippen molar-refractivity contribution in [1.29, 1.82) is 0 Å². The number of fused-ring (bicyclic) bond motifs is 1. The van der Waals surface area contributed by atoms with Crippen LogP contribution in [0.4, 0.5) is 4.79 Å². The molecule has 6 nitrogen and oxygen atoms in total. The number of carbonyl (C=O) groups is 1. The average Bonchev–Trinajstić information content (AvgIpc) is 2.90. The summed E-state index contributed by atoms with van der Waals surface area (Å²) < 4.78 is 24.5. The zero-order chi connectivity index (χ0) is 18.2. The molecule has 2 heterocycles. The summed E-state index contributed by atoms with van der Waals surface area (Å²) in [5.41, 5.74) is 1.17. The van der Waals surface area contributed by atoms with Crippen LogP contribution in [0.5, 0.6) is 0 Å². The second kappa shape index (κ2) is 7.17. The van der Waals surface area contributed by atoms with Gasteiger partial charge in [0.05, 0.1) is 17.5 Å². The number of carbonyl (C=O) groups excluding carboxylic acids is 1. The van der Waals surface area contributed by atoms with E-state index in [4.69, 9.17) is 0 Å². The Kier molecular flexibility index (Phi) is 5.31. The van der Waals surface area contributed by atoms with E-state index in [0.29, 0.717) is 13.1 Å². The molecular weight excluding hydrogens is 358 g/mol. The van der Waals surface area contributed by atoms with Crippen LogP contribution >= 0.6 is 11.8 Å². The molecule has 2 fully saturated rings. The maximum atomic E-state index is 12.4. The van der Waals surface area contributed by atoms with Crippen LogP contribution in [0.25, 0.3) is 0 Å². The third-order valence-corrected chi connectivity index (χ3v) is 7.41. The summed E-state index contributed by atoms with van der Waals surface area (Å²) in [5.74, 6) is 0.205. The standard InChI is InChI=1S/C17H25N3O3S2/c1-18(2)17(21)20-9-8-19(15-11-25(22,23)12-16(15)20)10-13-4-6-14(24-3)7-5-13/h4-7,15-16H,8-12H2,1-3H3/t15-,16+/m0/s1. The number of rotatable bonds is 3. The molecule has 0 N–H and O–H groups in total. The van der Waals surface area contributed by atoms with Gasteiger partial charge in [-0.2, -0.15) is 0 Å². The van der Waals surface area contributed by atoms with Crippen LogP contribution in [0.3, 0.4) is 0 Å². The van der Waals surface area contributed by atoms with Gasteiger partial charge in [0.2, 0.25) is 0 Å². The van der Waals surface area contributed by atoms with Gasteiger partial charge in [0, 0.05) is 44.7 Å². The van der Waals surface area contributed by atoms with Crippen molar-refractivity contribution < 1.29 is 13.2 Å². The molecule has 2 atom stereocenters. The molecule has 2 saturated heterocycles. The molecule has 0 radical (unpaired) electrons. The Morgan fingerprint density at radius 3 is 2.40 bits per heavy atom. The van der Waals surface area contributed by atoms with Crippen molar-refractivity contribution in [3.8, 4) is 0 Å². The average molecular weight is 384 g/mol. The van der Waals surface area contributed by atoms with Crippen LogP contribution in [0, 0.1) is 0 Å². The van der Waals surface area contributed by atoms with Gasteiger partial charge in [-0.05, 0) is 24.0 Å². The molecule has 1 aromatic carbocycles. The third kappa shape index (κ3) is 3.96. The molecule has 0 aromatic heterocycles. The summed E-state index contributed by atoms with van der Waals surface area (Å²) in [6.45, 7) is 1.98. The lowest BCUT2D eigenvalue weighted by Crippen LogP contribution is -2.61. The summed E-state index contributed by atoms with van der Waals surface area (Å²) in [5, 5.41) is 0. The van der Waals surface area contributed by atoms with E-state index in [0.717, 1.165) is 6.54 Å². The van der Waals surface area contributed by atoms with Gasteiger partial charge in [0.1, 0.15) is 0 Å². The van der Waals surface area contributed by atoms with E-state index in [1.165, 1.54) is 15.4 Å². The van der Waals surface area contributed by atoms with Crippen molar-refractivity contribution in [3.63, 3.8) is 0 Å². The van der Waals surface area contributed by atoms with E-state index < -0.39 is 9.84 Å². The van der Waals surface area contributed by atoms with Gasteiger partial charge in [-0.1, -0.05) is 12.1 Å². The SMILES string of the molecule is CSc1ccc(CN2CCN(C(=O)N(C)C)[C@@H]3CS(=O)(=O)C[C@@H]32)cc1. The van der Waals surface area contributed by atoms with E-state index >= 15 is 0 Å². The van der Waals surface area contributed by atoms with Crippen LogP contribution in [-0.2, 0) is 16.4 Å². The summed E-state index contributed by atoms with van der Waals surface area (Å²) in [7, 11) is 0.303. The Morgan fingerprint density at radius 2 is 1.80 bits per heavy atom. The van der Waals surface area contributed by atoms with Crippen LogP contribution in [0.2, 0.25) is 0 Å². The number of nitrogens with zero attached hydrogens (tertiary/aromatic N) is 3. The molecule has 8 heteroatoms. The van der Waals surface area contributed by atoms with Crippen molar-refractivity contribution >= 4 is 27.6 Å². The van der Waals surface area contributed by atoms with Gasteiger partial charge < -0.3 is 9.80 Å². The van der Waals surface area contributed by atoms with Gasteiger partial charge in [-0.15, -0.1) is 11.8 Å². The Hall–Kier alpha value is -1.25. The molecular formula is C17H25N3O3S2. The minimum Gasteiger partial charge on any atom is -0.331 e. The molecule has 0 bridgehead atoms. The van der Waals surface area contributed by atoms with Gasteiger partial charge in [0.25, 0.3) is 0 Å². The first-order chi connectivity index (χ1) is 11.8. The molecule has 1 aromatic rings. The fraction of sp³-hybridized carbons (Fsp3) is 0.588. The summed E-state index contributed by atoms with van der Waals surface area (Å²) >= 11 is 1.70. The highest BCUT2D eigenvalue weighted by atomic mass is 32.2. The quantitative estimate of drug-likeness (QED) is 0.738. The smallest absolute Gasteiger partial charge is 0.319 e. The normalized spacial score (nSPS) is 25.6. The van der Waals surface area contributed by atoms with E-state index in [9.17, 15) is 13.2 Å². The number of benzene rings is 1. The van der Waals surface area contributed by atoms with Crippen molar-refractivity contribution in [2.75, 3.05) is 44.9 Å². The number of piperazine rings is 1. The van der Waals surface area contributed by atoms with Gasteiger partial charge in [0.15, 0.2) is 9.84 Å². The monoisotopic (exact) mass is 383 g/mol. The first-order valence-electron chi connectivity index (χ1n) is 8.36. The zero-order valence-electron chi connectivity index (χ0n) is 14.9. The molecule has 0 spiro atoms. The Balaban J connectivity index is 1.79. The minimum atomic E-state index is -3.11. The Bertz CT molecular complexity index is 734. The molecule has 0 saturated carbocycles. The van der Waals surface area contributed by atoms with Gasteiger partial charge in [-0.25, -0.2) is 13.2 Å². The molecule has 138 valence electrons. The molecule has 2 aliphatic heterocycles. The number of thioether (sulfide) groups is 1. The van der Waals surface area contributed by atoms with E-state index in [-0.39, 0.29) is 29.6 Å². The number of sulfone groups is 1. The third-order valence-electron chi connectivity index (χ3n) is 4.96. The van der Waals surface area contributed by atoms with Crippen LogP contribution in [0.1, 0.15) is 5.56 Å². The number of hydrogen-bond acceptors (Lipinski definition) is 5. The van der Waals surface area contributed by atoms with Crippen LogP contribution < -0.4 is 0 Å². The van der Waals surface area contributed by atoms with E-state index in [1.807, 2.05) is 6.26 Å². The predicted molar refractivity (Wildman–Crippen MR) is 101 cm³/mol. The molecule has 2 amide bonds. The van der Waals surface area contributed by atoms with Crippen LogP contribution in [-0.4, -0.2) is 86.2 Å². The topological polar surface area (TPSA) is 60.9 Å². The summed E-state index contributed by atoms with van der Waals surface area (Å²) in [6.07, 6.45) is 2.05. The lowest BCUT2D eigenvalue weighted by atomic mass is 10.0. The summed E-state index contributed by atoms with van der Waals surface area (Å²) in [6, 6.07) is 7.91. The molecule has 3 rings (SSSR count). The maximum absolute atomic E-state index is 12.4. The second-order valence-electron chi connectivity index (χ2n) is 6.90. The highest BCUT2D eigenvalue weighted by Crippen LogP contribution is 2.29.